The SMILES string of the molecule is CC1OCCC1C(=O)NC1CCCN(c2nccn(C)c2=O)C1. The van der Waals surface area contributed by atoms with E-state index in [1.165, 1.54) is 4.57 Å². The van der Waals surface area contributed by atoms with Crippen molar-refractivity contribution in [3.8, 4) is 0 Å². The van der Waals surface area contributed by atoms with Crippen LogP contribution in [0.3, 0.4) is 0 Å². The third kappa shape index (κ3) is 3.39. The van der Waals surface area contributed by atoms with E-state index in [4.69, 9.17) is 4.74 Å². The summed E-state index contributed by atoms with van der Waals surface area (Å²) in [6.45, 7) is 4.02. The van der Waals surface area contributed by atoms with Gasteiger partial charge in [-0.25, -0.2) is 4.98 Å². The summed E-state index contributed by atoms with van der Waals surface area (Å²) in [7, 11) is 1.72. The number of piperidine rings is 1. The summed E-state index contributed by atoms with van der Waals surface area (Å²) < 4.78 is 7.00. The first kappa shape index (κ1) is 16.0. The smallest absolute Gasteiger partial charge is 0.293 e. The summed E-state index contributed by atoms with van der Waals surface area (Å²) in [6.07, 6.45) is 5.91. The highest BCUT2D eigenvalue weighted by molar-refractivity contribution is 5.79. The van der Waals surface area contributed by atoms with Gasteiger partial charge in [-0.1, -0.05) is 0 Å². The van der Waals surface area contributed by atoms with Crippen LogP contribution in [0.2, 0.25) is 0 Å². The lowest BCUT2D eigenvalue weighted by Crippen LogP contribution is -2.51. The molecule has 1 aromatic heterocycles. The lowest BCUT2D eigenvalue weighted by atomic mass is 9.99. The third-order valence-corrected chi connectivity index (χ3v) is 4.78. The number of carbonyl (C=O) groups excluding carboxylic acids is 1. The lowest BCUT2D eigenvalue weighted by Gasteiger charge is -2.34. The predicted octanol–water partition coefficient (Wildman–Crippen LogP) is 0.290. The number of aromatic nitrogens is 2. The van der Waals surface area contributed by atoms with Crippen LogP contribution in [0.25, 0.3) is 0 Å². The number of carbonyl (C=O) groups is 1. The Labute approximate surface area is 135 Å². The topological polar surface area (TPSA) is 76.5 Å². The van der Waals surface area contributed by atoms with Crippen molar-refractivity contribution in [2.24, 2.45) is 13.0 Å². The minimum Gasteiger partial charge on any atom is -0.378 e. The third-order valence-electron chi connectivity index (χ3n) is 4.78. The van der Waals surface area contributed by atoms with Crippen molar-refractivity contribution in [2.45, 2.75) is 38.3 Å². The Morgan fingerprint density at radius 3 is 3.00 bits per heavy atom. The molecule has 0 bridgehead atoms. The Bertz CT molecular complexity index is 630. The fraction of sp³-hybridized carbons (Fsp3) is 0.688. The van der Waals surface area contributed by atoms with Gasteiger partial charge in [-0.2, -0.15) is 0 Å². The quantitative estimate of drug-likeness (QED) is 0.866. The summed E-state index contributed by atoms with van der Waals surface area (Å²) >= 11 is 0. The highest BCUT2D eigenvalue weighted by atomic mass is 16.5. The average Bonchev–Trinajstić information content (AvgIpc) is 2.96. The van der Waals surface area contributed by atoms with Gasteiger partial charge in [0, 0.05) is 45.2 Å². The summed E-state index contributed by atoms with van der Waals surface area (Å²) in [5.74, 6) is 0.468. The van der Waals surface area contributed by atoms with Crippen LogP contribution in [0.5, 0.6) is 0 Å². The Morgan fingerprint density at radius 1 is 1.43 bits per heavy atom. The average molecular weight is 320 g/mol. The molecule has 1 N–H and O–H groups in total. The number of amides is 1. The molecule has 1 aromatic rings. The van der Waals surface area contributed by atoms with Gasteiger partial charge in [-0.3, -0.25) is 9.59 Å². The van der Waals surface area contributed by atoms with Gasteiger partial charge in [0.1, 0.15) is 0 Å². The normalized spacial score (nSPS) is 27.9. The van der Waals surface area contributed by atoms with Gasteiger partial charge in [0.2, 0.25) is 5.91 Å². The molecule has 2 aliphatic heterocycles. The van der Waals surface area contributed by atoms with Crippen LogP contribution in [0.1, 0.15) is 26.2 Å². The van der Waals surface area contributed by atoms with Crippen LogP contribution < -0.4 is 15.8 Å². The van der Waals surface area contributed by atoms with E-state index in [1.807, 2.05) is 11.8 Å². The van der Waals surface area contributed by atoms with E-state index in [2.05, 4.69) is 10.3 Å². The second kappa shape index (κ2) is 6.70. The van der Waals surface area contributed by atoms with Gasteiger partial charge < -0.3 is 19.5 Å². The molecule has 2 fully saturated rings. The maximum Gasteiger partial charge on any atom is 0.293 e. The van der Waals surface area contributed by atoms with Crippen LogP contribution in [-0.4, -0.2) is 47.3 Å². The first-order chi connectivity index (χ1) is 11.1. The van der Waals surface area contributed by atoms with E-state index in [1.54, 1.807) is 19.4 Å². The van der Waals surface area contributed by atoms with Gasteiger partial charge >= 0.3 is 0 Å². The van der Waals surface area contributed by atoms with Crippen LogP contribution >= 0.6 is 0 Å². The van der Waals surface area contributed by atoms with Crippen molar-refractivity contribution in [2.75, 3.05) is 24.6 Å². The van der Waals surface area contributed by atoms with Crippen molar-refractivity contribution in [1.82, 2.24) is 14.9 Å². The second-order valence-electron chi connectivity index (χ2n) is 6.43. The maximum atomic E-state index is 12.4. The zero-order chi connectivity index (χ0) is 16.4. The standard InChI is InChI=1S/C16H24N4O3/c1-11-13(5-9-23-11)15(21)18-12-4-3-7-20(10-12)14-16(22)19(2)8-6-17-14/h6,8,11-13H,3-5,7,9-10H2,1-2H3,(H,18,21). The maximum absolute atomic E-state index is 12.4. The van der Waals surface area contributed by atoms with Crippen molar-refractivity contribution >= 4 is 11.7 Å². The summed E-state index contributed by atoms with van der Waals surface area (Å²) in [4.78, 5) is 30.8. The van der Waals surface area contributed by atoms with Gasteiger partial charge in [0.05, 0.1) is 12.0 Å². The molecule has 0 aliphatic carbocycles. The van der Waals surface area contributed by atoms with Crippen molar-refractivity contribution in [1.29, 1.82) is 0 Å². The zero-order valence-corrected chi connectivity index (χ0v) is 13.7. The highest BCUT2D eigenvalue weighted by Gasteiger charge is 2.33. The van der Waals surface area contributed by atoms with Crippen LogP contribution in [0.4, 0.5) is 5.82 Å². The summed E-state index contributed by atoms with van der Waals surface area (Å²) in [6, 6.07) is 0.0516. The van der Waals surface area contributed by atoms with E-state index in [0.29, 0.717) is 19.0 Å². The molecule has 126 valence electrons. The molecule has 7 nitrogen and oxygen atoms in total. The summed E-state index contributed by atoms with van der Waals surface area (Å²) in [5, 5.41) is 3.13. The van der Waals surface area contributed by atoms with Gasteiger partial charge in [0.25, 0.3) is 5.56 Å². The van der Waals surface area contributed by atoms with Gasteiger partial charge in [0.15, 0.2) is 5.82 Å². The molecule has 0 spiro atoms. The van der Waals surface area contributed by atoms with E-state index in [0.717, 1.165) is 25.8 Å². The molecule has 3 heterocycles. The van der Waals surface area contributed by atoms with Crippen LogP contribution in [0, 0.1) is 5.92 Å². The zero-order valence-electron chi connectivity index (χ0n) is 13.7. The van der Waals surface area contributed by atoms with E-state index >= 15 is 0 Å². The van der Waals surface area contributed by atoms with Gasteiger partial charge in [-0.05, 0) is 26.2 Å². The Kier molecular flexibility index (Phi) is 4.66. The number of rotatable bonds is 3. The van der Waals surface area contributed by atoms with Crippen LogP contribution in [0.15, 0.2) is 17.2 Å². The summed E-state index contributed by atoms with van der Waals surface area (Å²) in [5.41, 5.74) is -0.0997. The molecule has 2 aliphatic rings. The molecular formula is C16H24N4O3. The molecule has 3 rings (SSSR count). The molecule has 3 atom stereocenters. The fourth-order valence-corrected chi connectivity index (χ4v) is 3.37. The molecular weight excluding hydrogens is 296 g/mol. The van der Waals surface area contributed by atoms with Crippen molar-refractivity contribution < 1.29 is 9.53 Å². The first-order valence-electron chi connectivity index (χ1n) is 8.25. The Morgan fingerprint density at radius 2 is 2.26 bits per heavy atom. The number of aryl methyl sites for hydroxylation is 1. The number of nitrogens with zero attached hydrogens (tertiary/aromatic N) is 3. The van der Waals surface area contributed by atoms with Gasteiger partial charge in [-0.15, -0.1) is 0 Å². The Hall–Kier alpha value is -1.89. The number of hydrogen-bond acceptors (Lipinski definition) is 5. The lowest BCUT2D eigenvalue weighted by molar-refractivity contribution is -0.127. The predicted molar refractivity (Wildman–Crippen MR) is 86.4 cm³/mol. The number of ether oxygens (including phenoxy) is 1. The highest BCUT2D eigenvalue weighted by Crippen LogP contribution is 2.21. The molecule has 23 heavy (non-hydrogen) atoms. The number of hydrogen-bond donors (Lipinski definition) is 1. The molecule has 1 amide bonds. The first-order valence-corrected chi connectivity index (χ1v) is 8.25. The molecule has 3 unspecified atom stereocenters. The van der Waals surface area contributed by atoms with E-state index in [9.17, 15) is 9.59 Å². The minimum atomic E-state index is -0.0997. The monoisotopic (exact) mass is 320 g/mol. The van der Waals surface area contributed by atoms with Crippen LogP contribution in [-0.2, 0) is 16.6 Å². The molecule has 2 saturated heterocycles. The van der Waals surface area contributed by atoms with E-state index in [-0.39, 0.29) is 29.5 Å². The minimum absolute atomic E-state index is 0.0159. The van der Waals surface area contributed by atoms with E-state index < -0.39 is 0 Å². The molecule has 0 radical (unpaired) electrons. The van der Waals surface area contributed by atoms with Crippen molar-refractivity contribution in [3.05, 3.63) is 22.7 Å². The molecule has 0 aromatic carbocycles. The molecule has 7 heteroatoms. The Balaban J connectivity index is 1.65. The number of anilines is 1. The second-order valence-corrected chi connectivity index (χ2v) is 6.43. The fourth-order valence-electron chi connectivity index (χ4n) is 3.37. The largest absolute Gasteiger partial charge is 0.378 e. The van der Waals surface area contributed by atoms with Crippen molar-refractivity contribution in [3.63, 3.8) is 0 Å². The number of nitrogens with one attached hydrogen (secondary N) is 1. The molecule has 0 saturated carbocycles.